The number of rotatable bonds is 6. The van der Waals surface area contributed by atoms with Gasteiger partial charge in [-0.1, -0.05) is 17.7 Å². The molecular weight excluding hydrogens is 423 g/mol. The Morgan fingerprint density at radius 3 is 2.42 bits per heavy atom. The summed E-state index contributed by atoms with van der Waals surface area (Å²) in [6.45, 7) is 7.49. The number of ether oxygens (including phenoxy) is 2. The molecule has 0 radical (unpaired) electrons. The minimum absolute atomic E-state index is 0.0359. The molecule has 2 aromatic rings. The summed E-state index contributed by atoms with van der Waals surface area (Å²) in [7, 11) is 0. The minimum atomic E-state index is -1.21. The smallest absolute Gasteiger partial charge is 0.134 e. The predicted molar refractivity (Wildman–Crippen MR) is 126 cm³/mol. The predicted octanol–water partition coefficient (Wildman–Crippen LogP) is 2.92. The summed E-state index contributed by atoms with van der Waals surface area (Å²) in [6.07, 6.45) is 1.34. The Labute approximate surface area is 195 Å². The fraction of sp³-hybridized carbons (Fsp3) is 0.538. The lowest BCUT2D eigenvalue weighted by molar-refractivity contribution is -0.0742. The van der Waals surface area contributed by atoms with E-state index in [4.69, 9.17) is 9.47 Å². The van der Waals surface area contributed by atoms with Gasteiger partial charge in [0, 0.05) is 38.4 Å². The first kappa shape index (κ1) is 24.0. The van der Waals surface area contributed by atoms with Crippen molar-refractivity contribution in [2.75, 3.05) is 57.4 Å². The quantitative estimate of drug-likeness (QED) is 0.694. The molecule has 2 N–H and O–H groups in total. The van der Waals surface area contributed by atoms with Gasteiger partial charge in [0.25, 0.3) is 0 Å². The van der Waals surface area contributed by atoms with Crippen molar-refractivity contribution in [1.29, 1.82) is 0 Å². The summed E-state index contributed by atoms with van der Waals surface area (Å²) >= 11 is 0. The monoisotopic (exact) mass is 458 g/mol. The van der Waals surface area contributed by atoms with Crippen LogP contribution in [0.3, 0.4) is 0 Å². The standard InChI is InChI=1S/C26H35FN2O4/c1-20-3-5-22(6-4-20)29-11-9-25(30,10-12-29)16-28-13-14-32-18-26(31,17-28)19-33-23-7-8-24(27)21(2)15-23/h3-8,15,30-31H,9-14,16-19H2,1-2H3/t26-/m1/s1. The molecule has 2 aliphatic heterocycles. The number of halogens is 1. The van der Waals surface area contributed by atoms with Crippen molar-refractivity contribution in [2.24, 2.45) is 0 Å². The van der Waals surface area contributed by atoms with Crippen LogP contribution in [0.5, 0.6) is 5.75 Å². The molecule has 0 bridgehead atoms. The average molecular weight is 459 g/mol. The molecule has 2 saturated heterocycles. The van der Waals surface area contributed by atoms with E-state index in [-0.39, 0.29) is 19.0 Å². The molecule has 33 heavy (non-hydrogen) atoms. The van der Waals surface area contributed by atoms with Crippen molar-refractivity contribution in [1.82, 2.24) is 4.90 Å². The highest BCUT2D eigenvalue weighted by Crippen LogP contribution is 2.28. The average Bonchev–Trinajstić information content (AvgIpc) is 2.97. The van der Waals surface area contributed by atoms with Crippen LogP contribution in [0.4, 0.5) is 10.1 Å². The van der Waals surface area contributed by atoms with Gasteiger partial charge in [-0.25, -0.2) is 4.39 Å². The second kappa shape index (κ2) is 9.97. The third kappa shape index (κ3) is 6.23. The van der Waals surface area contributed by atoms with E-state index < -0.39 is 11.2 Å². The lowest BCUT2D eigenvalue weighted by atomic mass is 9.90. The van der Waals surface area contributed by atoms with Gasteiger partial charge in [0.05, 0.1) is 18.8 Å². The lowest BCUT2D eigenvalue weighted by Crippen LogP contribution is -2.55. The van der Waals surface area contributed by atoms with Crippen molar-refractivity contribution in [3.63, 3.8) is 0 Å². The first-order valence-corrected chi connectivity index (χ1v) is 11.7. The number of anilines is 1. The fourth-order valence-corrected chi connectivity index (χ4v) is 4.65. The maximum absolute atomic E-state index is 13.5. The molecular formula is C26H35FN2O4. The van der Waals surface area contributed by atoms with Crippen LogP contribution in [-0.2, 0) is 4.74 Å². The molecule has 0 unspecified atom stereocenters. The van der Waals surface area contributed by atoms with Crippen LogP contribution >= 0.6 is 0 Å². The van der Waals surface area contributed by atoms with E-state index in [2.05, 4.69) is 41.0 Å². The maximum atomic E-state index is 13.5. The highest BCUT2D eigenvalue weighted by molar-refractivity contribution is 5.48. The fourth-order valence-electron chi connectivity index (χ4n) is 4.65. The van der Waals surface area contributed by atoms with Crippen LogP contribution in [0.1, 0.15) is 24.0 Å². The van der Waals surface area contributed by atoms with Crippen LogP contribution < -0.4 is 9.64 Å². The van der Waals surface area contributed by atoms with E-state index in [1.165, 1.54) is 17.3 Å². The summed E-state index contributed by atoms with van der Waals surface area (Å²) in [5, 5.41) is 22.5. The highest BCUT2D eigenvalue weighted by Gasteiger charge is 2.39. The zero-order valence-electron chi connectivity index (χ0n) is 19.6. The van der Waals surface area contributed by atoms with E-state index in [0.717, 1.165) is 13.1 Å². The molecule has 2 aromatic carbocycles. The summed E-state index contributed by atoms with van der Waals surface area (Å²) < 4.78 is 24.9. The molecule has 7 heteroatoms. The molecule has 1 atom stereocenters. The van der Waals surface area contributed by atoms with Crippen molar-refractivity contribution in [2.45, 2.75) is 37.9 Å². The number of nitrogens with zero attached hydrogens (tertiary/aromatic N) is 2. The number of β-amino-alcohol motifs (C(OH)–C–C–N with tert-alkyl or cyclic N) is 2. The third-order valence-electron chi connectivity index (χ3n) is 6.69. The number of aryl methyl sites for hydroxylation is 2. The van der Waals surface area contributed by atoms with Crippen molar-refractivity contribution in [3.05, 3.63) is 59.4 Å². The third-order valence-corrected chi connectivity index (χ3v) is 6.69. The van der Waals surface area contributed by atoms with Crippen LogP contribution in [0.2, 0.25) is 0 Å². The first-order chi connectivity index (χ1) is 15.7. The van der Waals surface area contributed by atoms with Gasteiger partial charge < -0.3 is 24.6 Å². The Bertz CT molecular complexity index is 930. The van der Waals surface area contributed by atoms with Crippen LogP contribution in [0.15, 0.2) is 42.5 Å². The Morgan fingerprint density at radius 1 is 1.00 bits per heavy atom. The molecule has 180 valence electrons. The molecule has 0 aromatic heterocycles. The van der Waals surface area contributed by atoms with Crippen molar-refractivity contribution >= 4 is 5.69 Å². The summed E-state index contributed by atoms with van der Waals surface area (Å²) in [4.78, 5) is 4.39. The van der Waals surface area contributed by atoms with Gasteiger partial charge in [0.2, 0.25) is 0 Å². The Kier molecular flexibility index (Phi) is 7.24. The second-order valence-corrected chi connectivity index (χ2v) is 9.73. The van der Waals surface area contributed by atoms with Crippen molar-refractivity contribution in [3.8, 4) is 5.75 Å². The molecule has 2 heterocycles. The number of piperidine rings is 1. The zero-order chi connectivity index (χ0) is 23.5. The van der Waals surface area contributed by atoms with Crippen LogP contribution in [0.25, 0.3) is 0 Å². The van der Waals surface area contributed by atoms with Crippen molar-refractivity contribution < 1.29 is 24.1 Å². The van der Waals surface area contributed by atoms with Gasteiger partial charge in [0.15, 0.2) is 0 Å². The first-order valence-electron chi connectivity index (χ1n) is 11.7. The summed E-state index contributed by atoms with van der Waals surface area (Å²) in [6, 6.07) is 13.0. The minimum Gasteiger partial charge on any atom is -0.490 e. The SMILES string of the molecule is Cc1ccc(N2CCC(O)(CN3CCOC[C@@](O)(COc4ccc(F)c(C)c4)C3)CC2)cc1. The largest absolute Gasteiger partial charge is 0.490 e. The maximum Gasteiger partial charge on any atom is 0.134 e. The van der Waals surface area contributed by atoms with E-state index in [1.54, 1.807) is 19.1 Å². The summed E-state index contributed by atoms with van der Waals surface area (Å²) in [5.74, 6) is 0.229. The van der Waals surface area contributed by atoms with Crippen LogP contribution in [0, 0.1) is 19.7 Å². The molecule has 0 saturated carbocycles. The Morgan fingerprint density at radius 2 is 1.73 bits per heavy atom. The second-order valence-electron chi connectivity index (χ2n) is 9.73. The van der Waals surface area contributed by atoms with Gasteiger partial charge in [-0.3, -0.25) is 4.90 Å². The lowest BCUT2D eigenvalue weighted by Gasteiger charge is -2.42. The van der Waals surface area contributed by atoms with Gasteiger partial charge in [-0.15, -0.1) is 0 Å². The molecule has 0 aliphatic carbocycles. The zero-order valence-corrected chi connectivity index (χ0v) is 19.6. The van der Waals surface area contributed by atoms with Gasteiger partial charge in [0.1, 0.15) is 23.8 Å². The van der Waals surface area contributed by atoms with Crippen LogP contribution in [-0.4, -0.2) is 78.9 Å². The number of aliphatic hydroxyl groups is 2. The normalized spacial score (nSPS) is 23.8. The van der Waals surface area contributed by atoms with E-state index in [9.17, 15) is 14.6 Å². The van der Waals surface area contributed by atoms with E-state index in [0.29, 0.717) is 50.4 Å². The molecule has 2 fully saturated rings. The summed E-state index contributed by atoms with van der Waals surface area (Å²) in [5.41, 5.74) is 0.909. The number of hydrogen-bond donors (Lipinski definition) is 2. The number of hydrogen-bond acceptors (Lipinski definition) is 6. The highest BCUT2D eigenvalue weighted by atomic mass is 19.1. The molecule has 4 rings (SSSR count). The van der Waals surface area contributed by atoms with Gasteiger partial charge in [-0.2, -0.15) is 0 Å². The molecule has 0 spiro atoms. The van der Waals surface area contributed by atoms with Gasteiger partial charge in [-0.05, 0) is 62.6 Å². The molecule has 6 nitrogen and oxygen atoms in total. The van der Waals surface area contributed by atoms with Gasteiger partial charge >= 0.3 is 0 Å². The Balaban J connectivity index is 1.33. The molecule has 0 amide bonds. The topological polar surface area (TPSA) is 65.4 Å². The van der Waals surface area contributed by atoms with E-state index >= 15 is 0 Å². The van der Waals surface area contributed by atoms with E-state index in [1.807, 2.05) is 0 Å². The Hall–Kier alpha value is -2.19. The number of benzene rings is 2. The molecule has 2 aliphatic rings.